The van der Waals surface area contributed by atoms with E-state index < -0.39 is 6.10 Å². The van der Waals surface area contributed by atoms with Crippen molar-refractivity contribution in [3.05, 3.63) is 29.8 Å². The van der Waals surface area contributed by atoms with Crippen molar-refractivity contribution in [3.63, 3.8) is 0 Å². The summed E-state index contributed by atoms with van der Waals surface area (Å²) in [6, 6.07) is 7.63. The molecule has 1 fully saturated rings. The lowest BCUT2D eigenvalue weighted by molar-refractivity contribution is -0.149. The van der Waals surface area contributed by atoms with Gasteiger partial charge in [0.2, 0.25) is 0 Å². The normalized spacial score (nSPS) is 19.9. The molecule has 0 aromatic heterocycles. The average molecular weight is 306 g/mol. The highest BCUT2D eigenvalue weighted by Crippen LogP contribution is 2.26. The van der Waals surface area contributed by atoms with Gasteiger partial charge in [0.15, 0.2) is 6.10 Å². The Morgan fingerprint density at radius 1 is 1.27 bits per heavy atom. The van der Waals surface area contributed by atoms with Gasteiger partial charge >= 0.3 is 5.97 Å². The summed E-state index contributed by atoms with van der Waals surface area (Å²) in [5.74, 6) is 0.562. The van der Waals surface area contributed by atoms with Crippen LogP contribution in [0.15, 0.2) is 24.3 Å². The summed E-state index contributed by atoms with van der Waals surface area (Å²) in [6.45, 7) is 7.11. The summed E-state index contributed by atoms with van der Waals surface area (Å²) < 4.78 is 16.7. The van der Waals surface area contributed by atoms with Crippen LogP contribution in [0, 0.1) is 0 Å². The van der Waals surface area contributed by atoms with Crippen LogP contribution in [0.1, 0.15) is 51.5 Å². The molecule has 0 N–H and O–H groups in total. The van der Waals surface area contributed by atoms with E-state index in [0.29, 0.717) is 18.3 Å². The lowest BCUT2D eigenvalue weighted by atomic mass is 10.0. The molecule has 0 bridgehead atoms. The second-order valence-electron chi connectivity index (χ2n) is 6.08. The lowest BCUT2D eigenvalue weighted by Gasteiger charge is -2.23. The smallest absolute Gasteiger partial charge is 0.340 e. The predicted molar refractivity (Wildman–Crippen MR) is 85.2 cm³/mol. The van der Waals surface area contributed by atoms with E-state index in [2.05, 4.69) is 13.8 Å². The van der Waals surface area contributed by atoms with Crippen LogP contribution in [0.4, 0.5) is 0 Å². The number of hydrogen-bond donors (Lipinski definition) is 0. The van der Waals surface area contributed by atoms with E-state index in [1.165, 1.54) is 0 Å². The number of esters is 1. The van der Waals surface area contributed by atoms with Gasteiger partial charge in [-0.05, 0) is 43.7 Å². The van der Waals surface area contributed by atoms with Gasteiger partial charge in [0, 0.05) is 6.61 Å². The minimum Gasteiger partial charge on any atom is -0.424 e. The number of hydrogen-bond acceptors (Lipinski definition) is 4. The molecule has 0 saturated carbocycles. The maximum absolute atomic E-state index is 12.2. The third kappa shape index (κ3) is 4.82. The Morgan fingerprint density at radius 3 is 2.73 bits per heavy atom. The number of carbonyl (C=O) groups excluding carboxylic acids is 1. The van der Waals surface area contributed by atoms with E-state index >= 15 is 0 Å². The Balaban J connectivity index is 1.85. The van der Waals surface area contributed by atoms with Crippen LogP contribution < -0.4 is 4.74 Å². The van der Waals surface area contributed by atoms with Crippen LogP contribution >= 0.6 is 0 Å². The minimum atomic E-state index is -0.592. The molecule has 1 saturated heterocycles. The molecule has 2 unspecified atom stereocenters. The molecule has 0 spiro atoms. The molecule has 4 heteroatoms. The first kappa shape index (κ1) is 17.0. The van der Waals surface area contributed by atoms with Crippen molar-refractivity contribution >= 4 is 5.97 Å². The lowest BCUT2D eigenvalue weighted by Crippen LogP contribution is -2.31. The standard InChI is InChI=1S/C18H26O4/c1-13(2)16-9-4-5-10-17(16)22-18(19)14(3)21-12-15-8-6-7-11-20-15/h4-5,9-10,13-15H,6-8,11-12H2,1-3H3. The van der Waals surface area contributed by atoms with Crippen LogP contribution in [0.25, 0.3) is 0 Å². The summed E-state index contributed by atoms with van der Waals surface area (Å²) in [4.78, 5) is 12.2. The van der Waals surface area contributed by atoms with E-state index in [0.717, 1.165) is 31.4 Å². The second kappa shape index (κ2) is 8.30. The number of para-hydroxylation sites is 1. The highest BCUT2D eigenvalue weighted by atomic mass is 16.6. The van der Waals surface area contributed by atoms with E-state index in [-0.39, 0.29) is 12.1 Å². The van der Waals surface area contributed by atoms with Gasteiger partial charge in [-0.25, -0.2) is 4.79 Å². The molecule has 0 amide bonds. The minimum absolute atomic E-state index is 0.104. The summed E-state index contributed by atoms with van der Waals surface area (Å²) in [7, 11) is 0. The molecule has 1 heterocycles. The topological polar surface area (TPSA) is 44.8 Å². The van der Waals surface area contributed by atoms with E-state index in [1.807, 2.05) is 24.3 Å². The van der Waals surface area contributed by atoms with Crippen molar-refractivity contribution in [2.45, 2.75) is 58.2 Å². The van der Waals surface area contributed by atoms with Crippen molar-refractivity contribution in [2.75, 3.05) is 13.2 Å². The van der Waals surface area contributed by atoms with Gasteiger partial charge in [0.25, 0.3) is 0 Å². The summed E-state index contributed by atoms with van der Waals surface area (Å²) in [5, 5.41) is 0. The molecule has 1 aromatic carbocycles. The zero-order valence-electron chi connectivity index (χ0n) is 13.7. The van der Waals surface area contributed by atoms with Crippen molar-refractivity contribution in [2.24, 2.45) is 0 Å². The largest absolute Gasteiger partial charge is 0.424 e. The highest BCUT2D eigenvalue weighted by molar-refractivity contribution is 5.77. The Kier molecular flexibility index (Phi) is 6.40. The molecule has 22 heavy (non-hydrogen) atoms. The number of benzene rings is 1. The van der Waals surface area contributed by atoms with Crippen molar-refractivity contribution in [1.82, 2.24) is 0 Å². The third-order valence-electron chi connectivity index (χ3n) is 3.89. The third-order valence-corrected chi connectivity index (χ3v) is 3.89. The molecule has 122 valence electrons. The zero-order valence-corrected chi connectivity index (χ0v) is 13.7. The SMILES string of the molecule is CC(OCC1CCCCO1)C(=O)Oc1ccccc1C(C)C. The Morgan fingerprint density at radius 2 is 2.05 bits per heavy atom. The van der Waals surface area contributed by atoms with Crippen molar-refractivity contribution in [1.29, 1.82) is 0 Å². The molecule has 2 rings (SSSR count). The van der Waals surface area contributed by atoms with Gasteiger partial charge < -0.3 is 14.2 Å². The maximum atomic E-state index is 12.2. The first-order chi connectivity index (χ1) is 10.6. The van der Waals surface area contributed by atoms with E-state index in [1.54, 1.807) is 6.92 Å². The van der Waals surface area contributed by atoms with Gasteiger partial charge in [-0.2, -0.15) is 0 Å². The molecular weight excluding hydrogens is 280 g/mol. The molecule has 0 aliphatic carbocycles. The van der Waals surface area contributed by atoms with Crippen molar-refractivity contribution in [3.8, 4) is 5.75 Å². The average Bonchev–Trinajstić information content (AvgIpc) is 2.53. The first-order valence-corrected chi connectivity index (χ1v) is 8.11. The molecular formula is C18H26O4. The van der Waals surface area contributed by atoms with Crippen LogP contribution in [0.5, 0.6) is 5.75 Å². The fraction of sp³-hybridized carbons (Fsp3) is 0.611. The van der Waals surface area contributed by atoms with E-state index in [4.69, 9.17) is 14.2 Å². The quantitative estimate of drug-likeness (QED) is 0.594. The van der Waals surface area contributed by atoms with Crippen LogP contribution in [-0.2, 0) is 14.3 Å². The second-order valence-corrected chi connectivity index (χ2v) is 6.08. The van der Waals surface area contributed by atoms with Crippen molar-refractivity contribution < 1.29 is 19.0 Å². The number of carbonyl (C=O) groups is 1. The molecule has 1 aromatic rings. The Labute approximate surface area is 132 Å². The van der Waals surface area contributed by atoms with Gasteiger partial charge in [-0.3, -0.25) is 0 Å². The number of ether oxygens (including phenoxy) is 3. The Bertz CT molecular complexity index is 478. The van der Waals surface area contributed by atoms with Crippen LogP contribution in [0.2, 0.25) is 0 Å². The number of rotatable bonds is 6. The fourth-order valence-corrected chi connectivity index (χ4v) is 2.50. The molecule has 1 aliphatic rings. The van der Waals surface area contributed by atoms with Gasteiger partial charge in [0.1, 0.15) is 5.75 Å². The molecule has 1 aliphatic heterocycles. The molecule has 0 radical (unpaired) electrons. The van der Waals surface area contributed by atoms with E-state index in [9.17, 15) is 4.79 Å². The van der Waals surface area contributed by atoms with Gasteiger partial charge in [0.05, 0.1) is 12.7 Å². The summed E-state index contributed by atoms with van der Waals surface area (Å²) in [6.07, 6.45) is 2.78. The fourth-order valence-electron chi connectivity index (χ4n) is 2.50. The molecule has 4 nitrogen and oxygen atoms in total. The highest BCUT2D eigenvalue weighted by Gasteiger charge is 2.21. The first-order valence-electron chi connectivity index (χ1n) is 8.11. The molecule has 2 atom stereocenters. The van der Waals surface area contributed by atoms with Gasteiger partial charge in [-0.1, -0.05) is 32.0 Å². The Hall–Kier alpha value is -1.39. The zero-order chi connectivity index (χ0) is 15.9. The summed E-state index contributed by atoms with van der Waals surface area (Å²) >= 11 is 0. The predicted octanol–water partition coefficient (Wildman–Crippen LogP) is 3.69. The van der Waals surface area contributed by atoms with Gasteiger partial charge in [-0.15, -0.1) is 0 Å². The monoisotopic (exact) mass is 306 g/mol. The maximum Gasteiger partial charge on any atom is 0.340 e. The van der Waals surface area contributed by atoms with Crippen LogP contribution in [0.3, 0.4) is 0 Å². The summed E-state index contributed by atoms with van der Waals surface area (Å²) in [5.41, 5.74) is 1.03. The van der Waals surface area contributed by atoms with Crippen LogP contribution in [-0.4, -0.2) is 31.4 Å².